The summed E-state index contributed by atoms with van der Waals surface area (Å²) in [5.41, 5.74) is 4.86. The molecule has 176 valence electrons. The molecule has 3 heteroatoms. The van der Waals surface area contributed by atoms with E-state index in [0.29, 0.717) is 0 Å². The summed E-state index contributed by atoms with van der Waals surface area (Å²) in [5, 5.41) is 0. The molecule has 0 aromatic heterocycles. The van der Waals surface area contributed by atoms with Crippen molar-refractivity contribution in [3.63, 3.8) is 0 Å². The van der Waals surface area contributed by atoms with Gasteiger partial charge in [0, 0.05) is 11.1 Å². The molecule has 2 aliphatic carbocycles. The Morgan fingerprint density at radius 2 is 1.67 bits per heavy atom. The van der Waals surface area contributed by atoms with E-state index in [4.69, 9.17) is 0 Å². The highest BCUT2D eigenvalue weighted by atomic mass is 19.3. The smallest absolute Gasteiger partial charge is 0.387 e. The van der Waals surface area contributed by atoms with Crippen LogP contribution in [0.3, 0.4) is 0 Å². The van der Waals surface area contributed by atoms with E-state index in [-0.39, 0.29) is 5.75 Å². The lowest BCUT2D eigenvalue weighted by Crippen LogP contribution is -2.28. The predicted octanol–water partition coefficient (Wildman–Crippen LogP) is 8.49. The Balaban J connectivity index is 1.34. The molecule has 0 heterocycles. The Hall–Kier alpha value is -2.34. The lowest BCUT2D eigenvalue weighted by molar-refractivity contribution is -0.0498. The summed E-state index contributed by atoms with van der Waals surface area (Å²) in [6.07, 6.45) is 15.0. The van der Waals surface area contributed by atoms with Gasteiger partial charge in [-0.1, -0.05) is 63.4 Å². The van der Waals surface area contributed by atoms with Gasteiger partial charge in [-0.25, -0.2) is 0 Å². The van der Waals surface area contributed by atoms with Crippen molar-refractivity contribution >= 4 is 0 Å². The fraction of sp³-hybridized carbons (Fsp3) is 0.533. The fourth-order valence-corrected chi connectivity index (χ4v) is 5.86. The molecule has 1 nitrogen and oxygen atoms in total. The normalized spacial score (nSPS) is 21.6. The molecule has 2 aromatic rings. The Morgan fingerprint density at radius 1 is 0.909 bits per heavy atom. The van der Waals surface area contributed by atoms with E-state index in [0.717, 1.165) is 35.3 Å². The summed E-state index contributed by atoms with van der Waals surface area (Å²) < 4.78 is 29.0. The standard InChI is InChI=1S/C30H36F2O/c1-2-3-4-5-6-7-23-12-18-28-25(20-23)14-15-26-21-24(13-19-29(26)28)9-8-22-10-16-27(17-11-22)33-30(31)32/h10-11,13,16-17,19,21,23,25,28,30H,2-7,12,14-15,18,20H2,1H3/t23-,25-,28+/m1/s1. The van der Waals surface area contributed by atoms with Crippen LogP contribution in [0.2, 0.25) is 0 Å². The number of ether oxygens (including phenoxy) is 1. The molecular formula is C30H36F2O. The maximum atomic E-state index is 12.3. The van der Waals surface area contributed by atoms with Crippen molar-refractivity contribution in [3.8, 4) is 17.6 Å². The summed E-state index contributed by atoms with van der Waals surface area (Å²) >= 11 is 0. The predicted molar refractivity (Wildman–Crippen MR) is 131 cm³/mol. The van der Waals surface area contributed by atoms with Gasteiger partial charge >= 0.3 is 6.61 Å². The zero-order valence-electron chi connectivity index (χ0n) is 19.8. The van der Waals surface area contributed by atoms with E-state index in [1.165, 1.54) is 81.9 Å². The molecule has 0 aliphatic heterocycles. The second-order valence-electron chi connectivity index (χ2n) is 9.85. The molecule has 0 N–H and O–H groups in total. The van der Waals surface area contributed by atoms with Gasteiger partial charge in [0.1, 0.15) is 5.75 Å². The summed E-state index contributed by atoms with van der Waals surface area (Å²) in [6.45, 7) is -0.518. The molecule has 1 saturated carbocycles. The average molecular weight is 451 g/mol. The van der Waals surface area contributed by atoms with Gasteiger partial charge in [-0.3, -0.25) is 0 Å². The maximum absolute atomic E-state index is 12.3. The third-order valence-corrected chi connectivity index (χ3v) is 7.56. The topological polar surface area (TPSA) is 9.23 Å². The van der Waals surface area contributed by atoms with Crippen molar-refractivity contribution in [1.29, 1.82) is 0 Å². The molecular weight excluding hydrogens is 414 g/mol. The summed E-state index contributed by atoms with van der Waals surface area (Å²) in [4.78, 5) is 0. The summed E-state index contributed by atoms with van der Waals surface area (Å²) in [6, 6.07) is 13.2. The van der Waals surface area contributed by atoms with Gasteiger partial charge in [0.05, 0.1) is 0 Å². The maximum Gasteiger partial charge on any atom is 0.387 e. The highest BCUT2D eigenvalue weighted by molar-refractivity contribution is 5.48. The van der Waals surface area contributed by atoms with Gasteiger partial charge in [0.25, 0.3) is 0 Å². The first-order valence-corrected chi connectivity index (χ1v) is 12.8. The SMILES string of the molecule is CCCCCCC[C@@H]1CC[C@@H]2c3ccc(C#Cc4ccc(OC(F)F)cc4)cc3CC[C@@H]2C1. The first-order chi connectivity index (χ1) is 16.1. The minimum atomic E-state index is -2.80. The Morgan fingerprint density at radius 3 is 2.45 bits per heavy atom. The van der Waals surface area contributed by atoms with Gasteiger partial charge < -0.3 is 4.74 Å². The largest absolute Gasteiger partial charge is 0.435 e. The molecule has 4 rings (SSSR count). The van der Waals surface area contributed by atoms with Crippen LogP contribution in [0.5, 0.6) is 5.75 Å². The first-order valence-electron chi connectivity index (χ1n) is 12.8. The van der Waals surface area contributed by atoms with E-state index >= 15 is 0 Å². The third kappa shape index (κ3) is 6.59. The Kier molecular flexibility index (Phi) is 8.43. The number of aryl methyl sites for hydroxylation is 1. The second kappa shape index (κ2) is 11.7. The number of alkyl halides is 2. The van der Waals surface area contributed by atoms with Crippen molar-refractivity contribution in [2.75, 3.05) is 0 Å². The first kappa shape index (κ1) is 23.8. The number of fused-ring (bicyclic) bond motifs is 3. The van der Waals surface area contributed by atoms with Gasteiger partial charge in [0.15, 0.2) is 0 Å². The van der Waals surface area contributed by atoms with Crippen LogP contribution in [-0.2, 0) is 6.42 Å². The van der Waals surface area contributed by atoms with Crippen LogP contribution in [0, 0.1) is 23.7 Å². The van der Waals surface area contributed by atoms with Gasteiger partial charge in [-0.2, -0.15) is 8.78 Å². The van der Waals surface area contributed by atoms with E-state index < -0.39 is 6.61 Å². The zero-order valence-corrected chi connectivity index (χ0v) is 19.8. The number of hydrogen-bond donors (Lipinski definition) is 0. The van der Waals surface area contributed by atoms with Crippen molar-refractivity contribution in [1.82, 2.24) is 0 Å². The van der Waals surface area contributed by atoms with E-state index in [1.54, 1.807) is 17.7 Å². The molecule has 3 atom stereocenters. The molecule has 0 unspecified atom stereocenters. The molecule has 0 radical (unpaired) electrons. The molecule has 0 amide bonds. The second-order valence-corrected chi connectivity index (χ2v) is 9.85. The van der Waals surface area contributed by atoms with Crippen molar-refractivity contribution in [3.05, 3.63) is 64.7 Å². The minimum Gasteiger partial charge on any atom is -0.435 e. The molecule has 2 aromatic carbocycles. The molecule has 0 bridgehead atoms. The summed E-state index contributed by atoms with van der Waals surface area (Å²) in [7, 11) is 0. The van der Waals surface area contributed by atoms with Crippen LogP contribution in [0.1, 0.15) is 99.3 Å². The van der Waals surface area contributed by atoms with Crippen LogP contribution in [0.25, 0.3) is 0 Å². The molecule has 33 heavy (non-hydrogen) atoms. The highest BCUT2D eigenvalue weighted by Gasteiger charge is 2.34. The summed E-state index contributed by atoms with van der Waals surface area (Å²) in [5.74, 6) is 9.09. The zero-order chi connectivity index (χ0) is 23.0. The molecule has 0 saturated heterocycles. The van der Waals surface area contributed by atoms with E-state index in [2.05, 4.69) is 41.7 Å². The number of rotatable bonds is 8. The highest BCUT2D eigenvalue weighted by Crippen LogP contribution is 2.48. The van der Waals surface area contributed by atoms with Gasteiger partial charge in [-0.05, 0) is 97.4 Å². The average Bonchev–Trinajstić information content (AvgIpc) is 2.82. The molecule has 1 fully saturated rings. The minimum absolute atomic E-state index is 0.157. The van der Waals surface area contributed by atoms with Crippen molar-refractivity contribution in [2.24, 2.45) is 11.8 Å². The van der Waals surface area contributed by atoms with E-state index in [1.807, 2.05) is 0 Å². The van der Waals surface area contributed by atoms with E-state index in [9.17, 15) is 8.78 Å². The number of benzene rings is 2. The van der Waals surface area contributed by atoms with Crippen molar-refractivity contribution < 1.29 is 13.5 Å². The molecule has 2 aliphatic rings. The quantitative estimate of drug-likeness (QED) is 0.289. The van der Waals surface area contributed by atoms with Gasteiger partial charge in [-0.15, -0.1) is 0 Å². The lowest BCUT2D eigenvalue weighted by atomic mass is 9.64. The third-order valence-electron chi connectivity index (χ3n) is 7.56. The fourth-order valence-electron chi connectivity index (χ4n) is 5.86. The van der Waals surface area contributed by atoms with Crippen LogP contribution >= 0.6 is 0 Å². The van der Waals surface area contributed by atoms with Crippen LogP contribution < -0.4 is 4.74 Å². The number of halogens is 2. The van der Waals surface area contributed by atoms with Crippen molar-refractivity contribution in [2.45, 2.75) is 90.1 Å². The van der Waals surface area contributed by atoms with Crippen LogP contribution in [0.15, 0.2) is 42.5 Å². The lowest BCUT2D eigenvalue weighted by Gasteiger charge is -2.40. The molecule has 0 spiro atoms. The monoisotopic (exact) mass is 450 g/mol. The van der Waals surface area contributed by atoms with Crippen LogP contribution in [0.4, 0.5) is 8.78 Å². The van der Waals surface area contributed by atoms with Crippen LogP contribution in [-0.4, -0.2) is 6.61 Å². The Labute approximate surface area is 197 Å². The number of hydrogen-bond acceptors (Lipinski definition) is 1. The van der Waals surface area contributed by atoms with Gasteiger partial charge in [0.2, 0.25) is 0 Å². The number of unbranched alkanes of at least 4 members (excludes halogenated alkanes) is 4. The Bertz CT molecular complexity index is 953.